The third kappa shape index (κ3) is 4.37. The Hall–Kier alpha value is -1.30. The predicted octanol–water partition coefficient (Wildman–Crippen LogP) is 3.20. The van der Waals surface area contributed by atoms with Crippen LogP contribution >= 0.6 is 15.9 Å². The molecule has 5 nitrogen and oxygen atoms in total. The smallest absolute Gasteiger partial charge is 0.326 e. The fraction of sp³-hybridized carbons (Fsp3) is 0.571. The van der Waals surface area contributed by atoms with Gasteiger partial charge in [-0.2, -0.15) is 0 Å². The van der Waals surface area contributed by atoms with Gasteiger partial charge in [-0.1, -0.05) is 19.8 Å². The summed E-state index contributed by atoms with van der Waals surface area (Å²) in [5, 5.41) is 11.7. The number of nitrogens with one attached hydrogen (secondary N) is 1. The maximum atomic E-state index is 12.2. The van der Waals surface area contributed by atoms with Gasteiger partial charge in [-0.3, -0.25) is 4.79 Å². The van der Waals surface area contributed by atoms with Crippen molar-refractivity contribution < 1.29 is 14.7 Å². The quantitative estimate of drug-likeness (QED) is 0.797. The van der Waals surface area contributed by atoms with Crippen molar-refractivity contribution in [3.8, 4) is 0 Å². The van der Waals surface area contributed by atoms with E-state index in [1.54, 1.807) is 6.07 Å². The average molecular weight is 345 g/mol. The number of hydrogen-bond donors (Lipinski definition) is 2. The number of nitrogens with zero attached hydrogens (tertiary/aromatic N) is 1. The lowest BCUT2D eigenvalue weighted by Gasteiger charge is -2.16. The van der Waals surface area contributed by atoms with Crippen LogP contribution in [0, 0.1) is 0 Å². The van der Waals surface area contributed by atoms with Gasteiger partial charge in [-0.15, -0.1) is 0 Å². The lowest BCUT2D eigenvalue weighted by molar-refractivity contribution is -0.139. The SMILES string of the molecule is CCCCC(NC(=O)c1cc(Br)cn1C(C)C)C(=O)O. The highest BCUT2D eigenvalue weighted by Crippen LogP contribution is 2.19. The normalized spacial score (nSPS) is 12.4. The molecule has 1 aromatic heterocycles. The molecule has 20 heavy (non-hydrogen) atoms. The molecule has 0 saturated heterocycles. The molecule has 1 unspecified atom stereocenters. The van der Waals surface area contributed by atoms with Crippen LogP contribution in [0.1, 0.15) is 56.6 Å². The van der Waals surface area contributed by atoms with Gasteiger partial charge in [0, 0.05) is 16.7 Å². The van der Waals surface area contributed by atoms with E-state index in [1.165, 1.54) is 0 Å². The van der Waals surface area contributed by atoms with Crippen LogP contribution in [0.3, 0.4) is 0 Å². The highest BCUT2D eigenvalue weighted by atomic mass is 79.9. The minimum Gasteiger partial charge on any atom is -0.480 e. The van der Waals surface area contributed by atoms with Crippen LogP contribution < -0.4 is 5.32 Å². The van der Waals surface area contributed by atoms with E-state index >= 15 is 0 Å². The van der Waals surface area contributed by atoms with Crippen LogP contribution in [0.2, 0.25) is 0 Å². The number of carbonyl (C=O) groups excluding carboxylic acids is 1. The summed E-state index contributed by atoms with van der Waals surface area (Å²) >= 11 is 3.34. The molecule has 1 heterocycles. The van der Waals surface area contributed by atoms with Gasteiger partial charge < -0.3 is 15.0 Å². The van der Waals surface area contributed by atoms with E-state index in [0.29, 0.717) is 12.1 Å². The molecule has 0 saturated carbocycles. The van der Waals surface area contributed by atoms with Crippen molar-refractivity contribution in [2.75, 3.05) is 0 Å². The largest absolute Gasteiger partial charge is 0.480 e. The number of aromatic nitrogens is 1. The number of carbonyl (C=O) groups is 2. The summed E-state index contributed by atoms with van der Waals surface area (Å²) < 4.78 is 2.62. The van der Waals surface area contributed by atoms with E-state index in [1.807, 2.05) is 31.5 Å². The molecule has 1 aromatic rings. The van der Waals surface area contributed by atoms with Gasteiger partial charge in [0.15, 0.2) is 0 Å². The molecule has 0 fully saturated rings. The van der Waals surface area contributed by atoms with Crippen molar-refractivity contribution in [3.05, 3.63) is 22.4 Å². The molecule has 1 rings (SSSR count). The minimum absolute atomic E-state index is 0.126. The Kier molecular flexibility index (Phi) is 6.26. The number of amides is 1. The van der Waals surface area contributed by atoms with Crippen molar-refractivity contribution in [2.24, 2.45) is 0 Å². The molecule has 6 heteroatoms. The number of rotatable bonds is 7. The fourth-order valence-corrected chi connectivity index (χ4v) is 2.39. The monoisotopic (exact) mass is 344 g/mol. The third-order valence-electron chi connectivity index (χ3n) is 3.05. The number of halogens is 1. The lowest BCUT2D eigenvalue weighted by atomic mass is 10.1. The number of carboxylic acid groups (broad SMARTS) is 1. The molecule has 0 aromatic carbocycles. The number of unbranched alkanes of at least 4 members (excludes halogenated alkanes) is 1. The molecular formula is C14H21BrN2O3. The predicted molar refractivity (Wildman–Crippen MR) is 80.9 cm³/mol. The van der Waals surface area contributed by atoms with E-state index in [4.69, 9.17) is 5.11 Å². The zero-order valence-corrected chi connectivity index (χ0v) is 13.6. The van der Waals surface area contributed by atoms with Crippen molar-refractivity contribution in [2.45, 2.75) is 52.1 Å². The summed E-state index contributed by atoms with van der Waals surface area (Å²) in [6.45, 7) is 5.92. The molecule has 0 aliphatic rings. The standard InChI is InChI=1S/C14H21BrN2O3/c1-4-5-6-11(14(19)20)16-13(18)12-7-10(15)8-17(12)9(2)3/h7-9,11H,4-6H2,1-3H3,(H,16,18)(H,19,20). The van der Waals surface area contributed by atoms with Crippen molar-refractivity contribution in [1.29, 1.82) is 0 Å². The molecule has 0 aliphatic heterocycles. The molecule has 1 atom stereocenters. The zero-order chi connectivity index (χ0) is 15.3. The van der Waals surface area contributed by atoms with Crippen molar-refractivity contribution >= 4 is 27.8 Å². The maximum absolute atomic E-state index is 12.2. The average Bonchev–Trinajstić information content (AvgIpc) is 2.76. The molecule has 0 radical (unpaired) electrons. The third-order valence-corrected chi connectivity index (χ3v) is 3.49. The van der Waals surface area contributed by atoms with Crippen LogP contribution in [-0.4, -0.2) is 27.6 Å². The van der Waals surface area contributed by atoms with Crippen molar-refractivity contribution in [1.82, 2.24) is 9.88 Å². The number of hydrogen-bond acceptors (Lipinski definition) is 2. The second-order valence-corrected chi connectivity index (χ2v) is 5.97. The molecule has 0 bridgehead atoms. The first-order chi connectivity index (χ1) is 9.36. The second kappa shape index (κ2) is 7.47. The Bertz CT molecular complexity index is 483. The summed E-state index contributed by atoms with van der Waals surface area (Å²) in [6.07, 6.45) is 3.93. The Balaban J connectivity index is 2.86. The lowest BCUT2D eigenvalue weighted by Crippen LogP contribution is -2.41. The Morgan fingerprint density at radius 2 is 2.10 bits per heavy atom. The summed E-state index contributed by atoms with van der Waals surface area (Å²) in [5.41, 5.74) is 0.467. The Labute approximate surface area is 127 Å². The van der Waals surface area contributed by atoms with E-state index in [2.05, 4.69) is 21.2 Å². The first-order valence-electron chi connectivity index (χ1n) is 6.77. The summed E-state index contributed by atoms with van der Waals surface area (Å²) in [6, 6.07) is 0.992. The van der Waals surface area contributed by atoms with Gasteiger partial charge in [0.05, 0.1) is 0 Å². The van der Waals surface area contributed by atoms with Crippen LogP contribution in [0.25, 0.3) is 0 Å². The van der Waals surface area contributed by atoms with Gasteiger partial charge in [0.25, 0.3) is 5.91 Å². The topological polar surface area (TPSA) is 71.3 Å². The van der Waals surface area contributed by atoms with Crippen LogP contribution in [0.5, 0.6) is 0 Å². The van der Waals surface area contributed by atoms with Gasteiger partial charge in [0.2, 0.25) is 0 Å². The van der Waals surface area contributed by atoms with E-state index < -0.39 is 12.0 Å². The fourth-order valence-electron chi connectivity index (χ4n) is 1.95. The first-order valence-corrected chi connectivity index (χ1v) is 7.57. The molecule has 1 amide bonds. The number of carboxylic acids is 1. The van der Waals surface area contributed by atoms with E-state index in [-0.39, 0.29) is 11.9 Å². The summed E-state index contributed by atoms with van der Waals surface area (Å²) in [4.78, 5) is 23.4. The van der Waals surface area contributed by atoms with Gasteiger partial charge in [-0.25, -0.2) is 4.79 Å². The Morgan fingerprint density at radius 1 is 1.45 bits per heavy atom. The second-order valence-electron chi connectivity index (χ2n) is 5.05. The first kappa shape index (κ1) is 16.8. The highest BCUT2D eigenvalue weighted by molar-refractivity contribution is 9.10. The van der Waals surface area contributed by atoms with Crippen LogP contribution in [-0.2, 0) is 4.79 Å². The van der Waals surface area contributed by atoms with Gasteiger partial charge in [0.1, 0.15) is 11.7 Å². The highest BCUT2D eigenvalue weighted by Gasteiger charge is 2.22. The van der Waals surface area contributed by atoms with Crippen molar-refractivity contribution in [3.63, 3.8) is 0 Å². The molecule has 112 valence electrons. The van der Waals surface area contributed by atoms with E-state index in [0.717, 1.165) is 17.3 Å². The minimum atomic E-state index is -0.992. The van der Waals surface area contributed by atoms with Gasteiger partial charge >= 0.3 is 5.97 Å². The number of aliphatic carboxylic acids is 1. The zero-order valence-electron chi connectivity index (χ0n) is 12.0. The summed E-state index contributed by atoms with van der Waals surface area (Å²) in [5.74, 6) is -1.35. The maximum Gasteiger partial charge on any atom is 0.326 e. The van der Waals surface area contributed by atoms with E-state index in [9.17, 15) is 9.59 Å². The molecule has 2 N–H and O–H groups in total. The molecule has 0 spiro atoms. The van der Waals surface area contributed by atoms with Gasteiger partial charge in [-0.05, 0) is 42.3 Å². The Morgan fingerprint density at radius 3 is 2.60 bits per heavy atom. The molecular weight excluding hydrogens is 324 g/mol. The molecule has 0 aliphatic carbocycles. The van der Waals surface area contributed by atoms with Crippen LogP contribution in [0.4, 0.5) is 0 Å². The van der Waals surface area contributed by atoms with Crippen LogP contribution in [0.15, 0.2) is 16.7 Å². The summed E-state index contributed by atoms with van der Waals surface area (Å²) in [7, 11) is 0.